The molecule has 3 aromatic heterocycles. The van der Waals surface area contributed by atoms with Gasteiger partial charge in [0.25, 0.3) is 5.56 Å². The molecule has 0 aliphatic rings. The number of hydrogen-bond donors (Lipinski definition) is 0. The van der Waals surface area contributed by atoms with E-state index >= 15 is 0 Å². The summed E-state index contributed by atoms with van der Waals surface area (Å²) in [5, 5.41) is 10.4. The molecule has 3 heterocycles. The quantitative estimate of drug-likeness (QED) is 0.349. The third-order valence-electron chi connectivity index (χ3n) is 4.90. The average Bonchev–Trinajstić information content (AvgIpc) is 3.24. The van der Waals surface area contributed by atoms with Crippen LogP contribution in [0.2, 0.25) is 0 Å². The van der Waals surface area contributed by atoms with Gasteiger partial charge < -0.3 is 4.74 Å². The first-order valence-electron chi connectivity index (χ1n) is 9.86. The highest BCUT2D eigenvalue weighted by Gasteiger charge is 2.16. The molecule has 0 aliphatic heterocycles. The fraction of sp³-hybridized carbons (Fsp3) is 0.0400. The summed E-state index contributed by atoms with van der Waals surface area (Å²) in [4.78, 5) is 22.4. The number of nitrogens with zero attached hydrogens (tertiary/aromatic N) is 4. The predicted octanol–water partition coefficient (Wildman–Crippen LogP) is 5.47. The molecule has 2 aromatic carbocycles. The van der Waals surface area contributed by atoms with E-state index in [4.69, 9.17) is 4.74 Å². The molecule has 0 fully saturated rings. The number of rotatable bonds is 4. The van der Waals surface area contributed by atoms with Crippen LogP contribution in [0.25, 0.3) is 27.5 Å². The lowest BCUT2D eigenvalue weighted by molar-refractivity contribution is 0.461. The third kappa shape index (κ3) is 3.64. The molecule has 0 unspecified atom stereocenters. The van der Waals surface area contributed by atoms with Crippen molar-refractivity contribution in [3.8, 4) is 17.7 Å². The van der Waals surface area contributed by atoms with E-state index in [1.54, 1.807) is 24.4 Å². The van der Waals surface area contributed by atoms with Gasteiger partial charge in [-0.05, 0) is 49.4 Å². The number of aromatic nitrogens is 3. The van der Waals surface area contributed by atoms with Crippen LogP contribution in [0.5, 0.6) is 11.6 Å². The van der Waals surface area contributed by atoms with E-state index in [1.807, 2.05) is 55.5 Å². The van der Waals surface area contributed by atoms with Gasteiger partial charge in [-0.15, -0.1) is 11.3 Å². The number of benzene rings is 2. The first-order chi connectivity index (χ1) is 15.6. The van der Waals surface area contributed by atoms with Crippen molar-refractivity contribution in [2.24, 2.45) is 0 Å². The Morgan fingerprint density at radius 3 is 2.62 bits per heavy atom. The van der Waals surface area contributed by atoms with E-state index in [2.05, 4.69) is 16.0 Å². The Labute approximate surface area is 187 Å². The van der Waals surface area contributed by atoms with Gasteiger partial charge in [0, 0.05) is 6.20 Å². The van der Waals surface area contributed by atoms with Crippen LogP contribution in [0.1, 0.15) is 16.1 Å². The van der Waals surface area contributed by atoms with Crippen LogP contribution in [0.3, 0.4) is 0 Å². The molecular formula is C25H16N4O2S. The van der Waals surface area contributed by atoms with E-state index in [9.17, 15) is 10.1 Å². The number of hydrogen-bond acceptors (Lipinski definition) is 6. The summed E-state index contributed by atoms with van der Waals surface area (Å²) in [6, 6.07) is 22.6. The lowest BCUT2D eigenvalue weighted by atomic mass is 10.2. The number of pyridine rings is 1. The number of nitriles is 1. The summed E-state index contributed by atoms with van der Waals surface area (Å²) in [5.74, 6) is 0.690. The SMILES string of the molecule is Cc1ccc(Oc2nc3ccccn3c(=O)c2C=C(C#N)c2nc3ccccc3s2)cc1. The van der Waals surface area contributed by atoms with Crippen molar-refractivity contribution in [2.45, 2.75) is 6.92 Å². The van der Waals surface area contributed by atoms with Crippen molar-refractivity contribution < 1.29 is 4.74 Å². The highest BCUT2D eigenvalue weighted by Crippen LogP contribution is 2.30. The number of ether oxygens (including phenoxy) is 1. The Kier molecular flexibility index (Phi) is 4.98. The lowest BCUT2D eigenvalue weighted by Crippen LogP contribution is -2.18. The zero-order valence-corrected chi connectivity index (χ0v) is 17.8. The molecule has 0 spiro atoms. The highest BCUT2D eigenvalue weighted by molar-refractivity contribution is 7.19. The van der Waals surface area contributed by atoms with Crippen LogP contribution in [-0.2, 0) is 0 Å². The fourth-order valence-corrected chi connectivity index (χ4v) is 4.21. The Hall–Kier alpha value is -4.28. The zero-order valence-electron chi connectivity index (χ0n) is 17.0. The second-order valence-corrected chi connectivity index (χ2v) is 8.17. The van der Waals surface area contributed by atoms with E-state index in [-0.39, 0.29) is 22.6 Å². The van der Waals surface area contributed by atoms with Crippen LogP contribution < -0.4 is 10.3 Å². The standard InChI is InChI=1S/C25H16N4O2S/c1-16-9-11-18(12-10-16)31-23-19(25(30)29-13-5-4-8-22(29)28-23)14-17(15-26)24-27-20-6-2-3-7-21(20)32-24/h2-14H,1H3. The maximum atomic E-state index is 13.3. The average molecular weight is 436 g/mol. The Balaban J connectivity index is 1.70. The Morgan fingerprint density at radius 2 is 1.84 bits per heavy atom. The van der Waals surface area contributed by atoms with Gasteiger partial charge in [-0.25, -0.2) is 4.98 Å². The molecule has 0 radical (unpaired) electrons. The van der Waals surface area contributed by atoms with Crippen molar-refractivity contribution in [1.82, 2.24) is 14.4 Å². The van der Waals surface area contributed by atoms with E-state index in [0.717, 1.165) is 15.8 Å². The van der Waals surface area contributed by atoms with Gasteiger partial charge in [-0.1, -0.05) is 35.9 Å². The van der Waals surface area contributed by atoms with Gasteiger partial charge in [0.2, 0.25) is 5.88 Å². The molecule has 5 rings (SSSR count). The van der Waals surface area contributed by atoms with Crippen LogP contribution in [0.4, 0.5) is 0 Å². The van der Waals surface area contributed by atoms with Crippen molar-refractivity contribution in [1.29, 1.82) is 5.26 Å². The third-order valence-corrected chi connectivity index (χ3v) is 5.97. The highest BCUT2D eigenvalue weighted by atomic mass is 32.1. The number of fused-ring (bicyclic) bond motifs is 2. The molecule has 7 heteroatoms. The second-order valence-electron chi connectivity index (χ2n) is 7.14. The van der Waals surface area contributed by atoms with E-state index in [1.165, 1.54) is 21.8 Å². The number of para-hydroxylation sites is 1. The Bertz CT molecular complexity index is 1560. The molecule has 0 bridgehead atoms. The summed E-state index contributed by atoms with van der Waals surface area (Å²) < 4.78 is 8.40. The van der Waals surface area contributed by atoms with Crippen molar-refractivity contribution in [2.75, 3.05) is 0 Å². The molecule has 0 saturated heterocycles. The van der Waals surface area contributed by atoms with Gasteiger partial charge in [-0.3, -0.25) is 9.20 Å². The first-order valence-corrected chi connectivity index (χ1v) is 10.7. The molecule has 154 valence electrons. The van der Waals surface area contributed by atoms with Crippen molar-refractivity contribution in [3.05, 3.63) is 99.4 Å². The molecular weight excluding hydrogens is 420 g/mol. The van der Waals surface area contributed by atoms with Crippen molar-refractivity contribution >= 4 is 38.8 Å². The van der Waals surface area contributed by atoms with Crippen LogP contribution >= 0.6 is 11.3 Å². The van der Waals surface area contributed by atoms with Gasteiger partial charge in [-0.2, -0.15) is 10.2 Å². The lowest BCUT2D eigenvalue weighted by Gasteiger charge is -2.10. The van der Waals surface area contributed by atoms with Gasteiger partial charge in [0.15, 0.2) is 0 Å². The summed E-state index contributed by atoms with van der Waals surface area (Å²) in [5.41, 5.74) is 2.48. The number of allylic oxidation sites excluding steroid dienone is 1. The minimum absolute atomic E-state index is 0.138. The molecule has 6 nitrogen and oxygen atoms in total. The fourth-order valence-electron chi connectivity index (χ4n) is 3.28. The Morgan fingerprint density at radius 1 is 1.06 bits per heavy atom. The van der Waals surface area contributed by atoms with Gasteiger partial charge in [0.1, 0.15) is 28.0 Å². The van der Waals surface area contributed by atoms with Crippen molar-refractivity contribution in [3.63, 3.8) is 0 Å². The first kappa shape index (κ1) is 19.7. The summed E-state index contributed by atoms with van der Waals surface area (Å²) in [6.45, 7) is 1.98. The predicted molar refractivity (Wildman–Crippen MR) is 126 cm³/mol. The molecule has 0 N–H and O–H groups in total. The molecule has 0 saturated carbocycles. The smallest absolute Gasteiger partial charge is 0.269 e. The minimum Gasteiger partial charge on any atom is -0.438 e. The maximum absolute atomic E-state index is 13.3. The summed E-state index contributed by atoms with van der Waals surface area (Å²) in [6.07, 6.45) is 3.15. The minimum atomic E-state index is -0.327. The van der Waals surface area contributed by atoms with Crippen LogP contribution in [-0.4, -0.2) is 14.4 Å². The largest absolute Gasteiger partial charge is 0.438 e. The second kappa shape index (κ2) is 8.10. The topological polar surface area (TPSA) is 80.3 Å². The van der Waals surface area contributed by atoms with Crippen LogP contribution in [0, 0.1) is 18.3 Å². The molecule has 32 heavy (non-hydrogen) atoms. The van der Waals surface area contributed by atoms with E-state index in [0.29, 0.717) is 16.4 Å². The van der Waals surface area contributed by atoms with Gasteiger partial charge >= 0.3 is 0 Å². The summed E-state index contributed by atoms with van der Waals surface area (Å²) >= 11 is 1.40. The van der Waals surface area contributed by atoms with Gasteiger partial charge in [0.05, 0.1) is 15.8 Å². The monoisotopic (exact) mass is 436 g/mol. The maximum Gasteiger partial charge on any atom is 0.269 e. The zero-order chi connectivity index (χ0) is 22.1. The molecule has 0 aliphatic carbocycles. The van der Waals surface area contributed by atoms with Crippen LogP contribution in [0.15, 0.2) is 77.7 Å². The molecule has 0 atom stereocenters. The normalized spacial score (nSPS) is 11.6. The number of thiazole rings is 1. The summed E-state index contributed by atoms with van der Waals surface area (Å²) in [7, 11) is 0. The molecule has 0 amide bonds. The van der Waals surface area contributed by atoms with E-state index < -0.39 is 0 Å². The number of aryl methyl sites for hydroxylation is 1. The molecule has 5 aromatic rings.